The quantitative estimate of drug-likeness (QED) is 0.909. The van der Waals surface area contributed by atoms with Crippen molar-refractivity contribution in [1.29, 1.82) is 0 Å². The molecule has 1 amide bonds. The Labute approximate surface area is 115 Å². The number of carbonyl (C=O) groups is 1. The van der Waals surface area contributed by atoms with Gasteiger partial charge in [0.05, 0.1) is 6.04 Å². The van der Waals surface area contributed by atoms with Gasteiger partial charge in [-0.05, 0) is 33.3 Å². The Kier molecular flexibility index (Phi) is 5.36. The maximum Gasteiger partial charge on any atom is 0.410 e. The molecule has 2 N–H and O–H groups in total. The molecule has 0 aliphatic rings. The number of nitrogens with two attached hydrogens (primary N) is 1. The number of amides is 1. The molecule has 1 aromatic rings. The summed E-state index contributed by atoms with van der Waals surface area (Å²) in [4.78, 5) is 13.9. The zero-order chi connectivity index (χ0) is 14.5. The summed E-state index contributed by atoms with van der Waals surface area (Å²) in [5.74, 6) is 0. The molecule has 1 atom stereocenters. The molecule has 0 aromatic heterocycles. The van der Waals surface area contributed by atoms with Crippen molar-refractivity contribution in [1.82, 2.24) is 4.90 Å². The molecule has 0 spiro atoms. The van der Waals surface area contributed by atoms with E-state index in [2.05, 4.69) is 0 Å². The lowest BCUT2D eigenvalue weighted by molar-refractivity contribution is 0.0180. The van der Waals surface area contributed by atoms with Crippen molar-refractivity contribution in [3.63, 3.8) is 0 Å². The fraction of sp³-hybridized carbons (Fsp3) is 0.533. The summed E-state index contributed by atoms with van der Waals surface area (Å²) in [5, 5.41) is 0. The lowest BCUT2D eigenvalue weighted by atomic mass is 10.1. The number of ether oxygens (including phenoxy) is 1. The van der Waals surface area contributed by atoms with Crippen LogP contribution in [0.4, 0.5) is 4.79 Å². The van der Waals surface area contributed by atoms with Crippen LogP contribution in [0.25, 0.3) is 0 Å². The van der Waals surface area contributed by atoms with E-state index >= 15 is 0 Å². The molecule has 106 valence electrons. The van der Waals surface area contributed by atoms with Crippen molar-refractivity contribution in [2.24, 2.45) is 5.73 Å². The molecule has 0 heterocycles. The second-order valence-electron chi connectivity index (χ2n) is 5.55. The molecule has 4 nitrogen and oxygen atoms in total. The van der Waals surface area contributed by atoms with Crippen LogP contribution in [0.15, 0.2) is 30.3 Å². The second-order valence-corrected chi connectivity index (χ2v) is 5.55. The first-order valence-electron chi connectivity index (χ1n) is 6.60. The number of rotatable bonds is 4. The van der Waals surface area contributed by atoms with Crippen LogP contribution < -0.4 is 5.73 Å². The largest absolute Gasteiger partial charge is 0.444 e. The minimum Gasteiger partial charge on any atom is -0.444 e. The van der Waals surface area contributed by atoms with Gasteiger partial charge < -0.3 is 15.4 Å². The molecule has 19 heavy (non-hydrogen) atoms. The predicted molar refractivity (Wildman–Crippen MR) is 76.9 cm³/mol. The Morgan fingerprint density at radius 1 is 1.32 bits per heavy atom. The predicted octanol–water partition coefficient (Wildman–Crippen LogP) is 2.94. The third-order valence-corrected chi connectivity index (χ3v) is 2.75. The van der Waals surface area contributed by atoms with Gasteiger partial charge in [-0.2, -0.15) is 0 Å². The van der Waals surface area contributed by atoms with Crippen molar-refractivity contribution < 1.29 is 9.53 Å². The molecule has 1 rings (SSSR count). The number of nitrogens with zero attached hydrogens (tertiary/aromatic N) is 1. The van der Waals surface area contributed by atoms with Crippen LogP contribution in [0, 0.1) is 0 Å². The summed E-state index contributed by atoms with van der Waals surface area (Å²) < 4.78 is 5.43. The molecular weight excluding hydrogens is 240 g/mol. The van der Waals surface area contributed by atoms with E-state index in [1.165, 1.54) is 0 Å². The van der Waals surface area contributed by atoms with Gasteiger partial charge in [0.2, 0.25) is 0 Å². The highest BCUT2D eigenvalue weighted by atomic mass is 16.6. The summed E-state index contributed by atoms with van der Waals surface area (Å²) in [7, 11) is 0. The lowest BCUT2D eigenvalue weighted by Gasteiger charge is -2.31. The highest BCUT2D eigenvalue weighted by Crippen LogP contribution is 2.22. The first-order chi connectivity index (χ1) is 8.85. The van der Waals surface area contributed by atoms with Gasteiger partial charge in [0.25, 0.3) is 0 Å². The lowest BCUT2D eigenvalue weighted by Crippen LogP contribution is -2.41. The minimum atomic E-state index is -0.500. The fourth-order valence-electron chi connectivity index (χ4n) is 1.81. The van der Waals surface area contributed by atoms with Gasteiger partial charge in [-0.1, -0.05) is 30.3 Å². The molecule has 1 unspecified atom stereocenters. The first kappa shape index (κ1) is 15.5. The van der Waals surface area contributed by atoms with Gasteiger partial charge in [0.1, 0.15) is 5.60 Å². The molecule has 0 fully saturated rings. The van der Waals surface area contributed by atoms with Crippen LogP contribution in [-0.4, -0.2) is 29.7 Å². The van der Waals surface area contributed by atoms with Crippen LogP contribution in [0.5, 0.6) is 0 Å². The molecule has 0 saturated heterocycles. The second kappa shape index (κ2) is 6.57. The highest BCUT2D eigenvalue weighted by Gasteiger charge is 2.26. The van der Waals surface area contributed by atoms with Gasteiger partial charge in [-0.25, -0.2) is 4.79 Å². The molecule has 0 aliphatic carbocycles. The van der Waals surface area contributed by atoms with Crippen molar-refractivity contribution in [3.8, 4) is 0 Å². The van der Waals surface area contributed by atoms with Crippen LogP contribution in [0.1, 0.15) is 39.3 Å². The van der Waals surface area contributed by atoms with E-state index < -0.39 is 5.60 Å². The number of hydrogen-bond donors (Lipinski definition) is 1. The average molecular weight is 264 g/mol. The molecule has 0 aliphatic heterocycles. The maximum atomic E-state index is 12.2. The summed E-state index contributed by atoms with van der Waals surface area (Å²) >= 11 is 0. The Bertz CT molecular complexity index is 398. The van der Waals surface area contributed by atoms with Gasteiger partial charge in [-0.3, -0.25) is 0 Å². The summed E-state index contributed by atoms with van der Waals surface area (Å²) in [6.45, 7) is 8.45. The van der Waals surface area contributed by atoms with Gasteiger partial charge in [0, 0.05) is 13.1 Å². The SMILES string of the molecule is CC(c1ccccc1)N(CCN)C(=O)OC(C)(C)C. The third-order valence-electron chi connectivity index (χ3n) is 2.75. The minimum absolute atomic E-state index is 0.0559. The first-order valence-corrected chi connectivity index (χ1v) is 6.60. The number of hydrogen-bond acceptors (Lipinski definition) is 3. The van der Waals surface area contributed by atoms with Crippen LogP contribution in [0.3, 0.4) is 0 Å². The summed E-state index contributed by atoms with van der Waals surface area (Å²) in [6.07, 6.45) is -0.325. The fourth-order valence-corrected chi connectivity index (χ4v) is 1.81. The maximum absolute atomic E-state index is 12.2. The van der Waals surface area contributed by atoms with E-state index in [0.717, 1.165) is 5.56 Å². The van der Waals surface area contributed by atoms with E-state index in [4.69, 9.17) is 10.5 Å². The smallest absolute Gasteiger partial charge is 0.410 e. The van der Waals surface area contributed by atoms with Gasteiger partial charge >= 0.3 is 6.09 Å². The average Bonchev–Trinajstić information content (AvgIpc) is 2.34. The summed E-state index contributed by atoms with van der Waals surface area (Å²) in [5.41, 5.74) is 6.17. The number of carbonyl (C=O) groups excluding carboxylic acids is 1. The third kappa shape index (κ3) is 4.91. The van der Waals surface area contributed by atoms with E-state index in [1.807, 2.05) is 58.0 Å². The summed E-state index contributed by atoms with van der Waals surface area (Å²) in [6, 6.07) is 9.82. The molecule has 0 bridgehead atoms. The van der Waals surface area contributed by atoms with Crippen LogP contribution >= 0.6 is 0 Å². The topological polar surface area (TPSA) is 55.6 Å². The van der Waals surface area contributed by atoms with Gasteiger partial charge in [-0.15, -0.1) is 0 Å². The van der Waals surface area contributed by atoms with Gasteiger partial charge in [0.15, 0.2) is 0 Å². The zero-order valence-corrected chi connectivity index (χ0v) is 12.2. The van der Waals surface area contributed by atoms with Crippen molar-refractivity contribution in [2.75, 3.05) is 13.1 Å². The molecule has 0 radical (unpaired) electrons. The van der Waals surface area contributed by atoms with Crippen LogP contribution in [-0.2, 0) is 4.74 Å². The Hall–Kier alpha value is -1.55. The molecule has 4 heteroatoms. The molecular formula is C15H24N2O2. The van der Waals surface area contributed by atoms with E-state index in [9.17, 15) is 4.79 Å². The zero-order valence-electron chi connectivity index (χ0n) is 12.2. The highest BCUT2D eigenvalue weighted by molar-refractivity contribution is 5.68. The standard InChI is InChI=1S/C15H24N2O2/c1-12(13-8-6-5-7-9-13)17(11-10-16)14(18)19-15(2,3)4/h5-9,12H,10-11,16H2,1-4H3. The normalized spacial score (nSPS) is 12.9. The van der Waals surface area contributed by atoms with E-state index in [0.29, 0.717) is 13.1 Å². The van der Waals surface area contributed by atoms with E-state index in [-0.39, 0.29) is 12.1 Å². The van der Waals surface area contributed by atoms with Crippen molar-refractivity contribution in [3.05, 3.63) is 35.9 Å². The van der Waals surface area contributed by atoms with Crippen molar-refractivity contribution in [2.45, 2.75) is 39.3 Å². The molecule has 0 saturated carbocycles. The monoisotopic (exact) mass is 264 g/mol. The Balaban J connectivity index is 2.85. The Morgan fingerprint density at radius 2 is 1.89 bits per heavy atom. The molecule has 1 aromatic carbocycles. The van der Waals surface area contributed by atoms with E-state index in [1.54, 1.807) is 4.90 Å². The number of benzene rings is 1. The van der Waals surface area contributed by atoms with Crippen molar-refractivity contribution >= 4 is 6.09 Å². The van der Waals surface area contributed by atoms with Crippen LogP contribution in [0.2, 0.25) is 0 Å². The Morgan fingerprint density at radius 3 is 2.37 bits per heavy atom.